The minimum absolute atomic E-state index is 0.175. The van der Waals surface area contributed by atoms with Crippen LogP contribution in [0.4, 0.5) is 0 Å². The van der Waals surface area contributed by atoms with Gasteiger partial charge >= 0.3 is 0 Å². The molecular weight excluding hydrogens is 337 g/mol. The van der Waals surface area contributed by atoms with Crippen LogP contribution in [-0.2, 0) is 22.4 Å². The average Bonchev–Trinajstić information content (AvgIpc) is 2.91. The van der Waals surface area contributed by atoms with E-state index in [2.05, 4.69) is 0 Å². The summed E-state index contributed by atoms with van der Waals surface area (Å²) in [6.45, 7) is 0.334. The molecule has 0 spiro atoms. The molecule has 2 aromatic rings. The van der Waals surface area contributed by atoms with Gasteiger partial charge in [-0.3, -0.25) is 0 Å². The third kappa shape index (κ3) is 3.35. The molecule has 1 heterocycles. The number of hydrogen-bond donors (Lipinski definition) is 0. The van der Waals surface area contributed by atoms with Crippen LogP contribution in [0.3, 0.4) is 0 Å². The van der Waals surface area contributed by atoms with Crippen molar-refractivity contribution in [3.05, 3.63) is 51.2 Å². The topological polar surface area (TPSA) is 37.4 Å². The van der Waals surface area contributed by atoms with E-state index in [-0.39, 0.29) is 10.8 Å². The van der Waals surface area contributed by atoms with Crippen molar-refractivity contribution in [1.29, 1.82) is 0 Å². The molecule has 3 nitrogen and oxygen atoms in total. The Hall–Kier alpha value is -0.590. The maximum atomic E-state index is 12.4. The maximum absolute atomic E-state index is 12.4. The number of sulfonamides is 1. The molecular formula is C13H13Cl2NO2S2. The summed E-state index contributed by atoms with van der Waals surface area (Å²) in [5.74, 6) is 0.254. The minimum atomic E-state index is -3.55. The van der Waals surface area contributed by atoms with E-state index in [1.54, 1.807) is 13.1 Å². The molecule has 0 bridgehead atoms. The fourth-order valence-electron chi connectivity index (χ4n) is 1.70. The van der Waals surface area contributed by atoms with Crippen molar-refractivity contribution in [2.75, 3.05) is 7.05 Å². The lowest BCUT2D eigenvalue weighted by Crippen LogP contribution is -2.26. The lowest BCUT2D eigenvalue weighted by molar-refractivity contribution is 0.467. The lowest BCUT2D eigenvalue weighted by Gasteiger charge is -2.17. The fraction of sp³-hybridized carbons (Fsp3) is 0.231. The van der Waals surface area contributed by atoms with Crippen LogP contribution in [0.15, 0.2) is 39.9 Å². The molecule has 0 aliphatic carbocycles. The van der Waals surface area contributed by atoms with Gasteiger partial charge in [0.15, 0.2) is 0 Å². The molecule has 0 saturated carbocycles. The highest BCUT2D eigenvalue weighted by molar-refractivity contribution is 7.89. The van der Waals surface area contributed by atoms with E-state index >= 15 is 0 Å². The Balaban J connectivity index is 2.27. The molecule has 0 aliphatic rings. The van der Waals surface area contributed by atoms with Crippen LogP contribution in [0.2, 0.25) is 5.02 Å². The molecule has 7 heteroatoms. The maximum Gasteiger partial charge on any atom is 0.243 e. The van der Waals surface area contributed by atoms with Gasteiger partial charge in [0.05, 0.1) is 4.90 Å². The van der Waals surface area contributed by atoms with E-state index in [1.807, 2.05) is 16.8 Å². The monoisotopic (exact) mass is 349 g/mol. The van der Waals surface area contributed by atoms with E-state index < -0.39 is 10.0 Å². The zero-order valence-corrected chi connectivity index (χ0v) is 13.9. The highest BCUT2D eigenvalue weighted by Crippen LogP contribution is 2.24. The van der Waals surface area contributed by atoms with Gasteiger partial charge in [0.2, 0.25) is 10.0 Å². The molecule has 0 unspecified atom stereocenters. The van der Waals surface area contributed by atoms with Gasteiger partial charge in [-0.25, -0.2) is 8.42 Å². The number of alkyl halides is 1. The van der Waals surface area contributed by atoms with Gasteiger partial charge in [0.25, 0.3) is 0 Å². The van der Waals surface area contributed by atoms with Gasteiger partial charge in [-0.05, 0) is 40.1 Å². The van der Waals surface area contributed by atoms with E-state index in [9.17, 15) is 8.42 Å². The largest absolute Gasteiger partial charge is 0.243 e. The third-order valence-electron chi connectivity index (χ3n) is 2.86. The predicted octanol–water partition coefficient (Wildman–Crippen LogP) is 3.96. The van der Waals surface area contributed by atoms with Crippen molar-refractivity contribution in [2.24, 2.45) is 0 Å². The molecule has 0 amide bonds. The Morgan fingerprint density at radius 2 is 2.05 bits per heavy atom. The van der Waals surface area contributed by atoms with Gasteiger partial charge in [-0.15, -0.1) is 11.6 Å². The van der Waals surface area contributed by atoms with E-state index in [0.29, 0.717) is 17.1 Å². The third-order valence-corrected chi connectivity index (χ3v) is 6.03. The van der Waals surface area contributed by atoms with E-state index in [1.165, 1.54) is 27.8 Å². The Bertz CT molecular complexity index is 684. The zero-order chi connectivity index (χ0) is 14.8. The molecule has 1 aromatic carbocycles. The first kappa shape index (κ1) is 15.8. The SMILES string of the molecule is CN(Cc1ccsc1)S(=O)(=O)c1ccc(CCl)c(Cl)c1. The molecule has 108 valence electrons. The van der Waals surface area contributed by atoms with Crippen LogP contribution >= 0.6 is 34.5 Å². The summed E-state index contributed by atoms with van der Waals surface area (Å²) in [6, 6.07) is 6.52. The second kappa shape index (κ2) is 6.45. The zero-order valence-electron chi connectivity index (χ0n) is 10.7. The Morgan fingerprint density at radius 3 is 2.60 bits per heavy atom. The van der Waals surface area contributed by atoms with Crippen molar-refractivity contribution in [3.8, 4) is 0 Å². The van der Waals surface area contributed by atoms with Crippen LogP contribution in [0.1, 0.15) is 11.1 Å². The number of thiophene rings is 1. The van der Waals surface area contributed by atoms with E-state index in [0.717, 1.165) is 5.56 Å². The molecule has 20 heavy (non-hydrogen) atoms. The summed E-state index contributed by atoms with van der Waals surface area (Å²) in [5, 5.41) is 4.21. The number of nitrogens with zero attached hydrogens (tertiary/aromatic N) is 1. The van der Waals surface area contributed by atoms with Crippen LogP contribution in [0.5, 0.6) is 0 Å². The normalized spacial score (nSPS) is 12.0. The second-order valence-corrected chi connectivity index (χ2v) is 7.78. The summed E-state index contributed by atoms with van der Waals surface area (Å²) < 4.78 is 26.2. The molecule has 0 atom stereocenters. The van der Waals surface area contributed by atoms with Crippen molar-refractivity contribution in [2.45, 2.75) is 17.3 Å². The lowest BCUT2D eigenvalue weighted by atomic mass is 10.2. The van der Waals surface area contributed by atoms with Gasteiger partial charge in [-0.1, -0.05) is 17.7 Å². The van der Waals surface area contributed by atoms with Crippen LogP contribution in [0, 0.1) is 0 Å². The summed E-state index contributed by atoms with van der Waals surface area (Å²) >= 11 is 13.3. The number of hydrogen-bond acceptors (Lipinski definition) is 3. The predicted molar refractivity (Wildman–Crippen MR) is 84.0 cm³/mol. The first-order chi connectivity index (χ1) is 9.45. The summed E-state index contributed by atoms with van der Waals surface area (Å²) in [7, 11) is -2.00. The smallest absolute Gasteiger partial charge is 0.207 e. The summed E-state index contributed by atoms with van der Waals surface area (Å²) in [4.78, 5) is 0.175. The first-order valence-electron chi connectivity index (χ1n) is 5.77. The number of benzene rings is 1. The summed E-state index contributed by atoms with van der Waals surface area (Å²) in [6.07, 6.45) is 0. The van der Waals surface area contributed by atoms with Crippen molar-refractivity contribution >= 4 is 44.6 Å². The average molecular weight is 350 g/mol. The molecule has 2 rings (SSSR count). The molecule has 1 aromatic heterocycles. The number of halogens is 2. The molecule has 0 aliphatic heterocycles. The Kier molecular flexibility index (Phi) is 5.09. The first-order valence-corrected chi connectivity index (χ1v) is 9.06. The van der Waals surface area contributed by atoms with Gasteiger partial charge in [0, 0.05) is 24.5 Å². The van der Waals surface area contributed by atoms with Gasteiger partial charge in [0.1, 0.15) is 0 Å². The Morgan fingerprint density at radius 1 is 1.30 bits per heavy atom. The summed E-state index contributed by atoms with van der Waals surface area (Å²) in [5.41, 5.74) is 1.68. The van der Waals surface area contributed by atoms with Crippen LogP contribution in [0.25, 0.3) is 0 Å². The second-order valence-electron chi connectivity index (χ2n) is 4.28. The Labute approximate surface area is 132 Å². The van der Waals surface area contributed by atoms with E-state index in [4.69, 9.17) is 23.2 Å². The molecule has 0 fully saturated rings. The van der Waals surface area contributed by atoms with Crippen LogP contribution in [-0.4, -0.2) is 19.8 Å². The quantitative estimate of drug-likeness (QED) is 0.766. The highest BCUT2D eigenvalue weighted by atomic mass is 35.5. The van der Waals surface area contributed by atoms with Gasteiger partial charge in [-0.2, -0.15) is 15.6 Å². The fourth-order valence-corrected chi connectivity index (χ4v) is 4.16. The van der Waals surface area contributed by atoms with Crippen LogP contribution < -0.4 is 0 Å². The highest BCUT2D eigenvalue weighted by Gasteiger charge is 2.21. The minimum Gasteiger partial charge on any atom is -0.207 e. The van der Waals surface area contributed by atoms with Crippen molar-refractivity contribution < 1.29 is 8.42 Å². The molecule has 0 N–H and O–H groups in total. The van der Waals surface area contributed by atoms with Gasteiger partial charge < -0.3 is 0 Å². The number of rotatable bonds is 5. The van der Waals surface area contributed by atoms with Crippen molar-refractivity contribution in [3.63, 3.8) is 0 Å². The molecule has 0 radical (unpaired) electrons. The molecule has 0 saturated heterocycles. The standard InChI is InChI=1S/C13H13Cl2NO2S2/c1-16(8-10-4-5-19-9-10)20(17,18)12-3-2-11(7-14)13(15)6-12/h2-6,9H,7-8H2,1H3. The van der Waals surface area contributed by atoms with Crippen molar-refractivity contribution in [1.82, 2.24) is 4.31 Å².